The number of carbonyl (C=O) groups is 1. The third-order valence-electron chi connectivity index (χ3n) is 4.15. The molecule has 3 rings (SSSR count). The third-order valence-corrected chi connectivity index (χ3v) is 4.15. The molecule has 0 bridgehead atoms. The van der Waals surface area contributed by atoms with Crippen molar-refractivity contribution in [2.24, 2.45) is 0 Å². The Kier molecular flexibility index (Phi) is 7.91. The molecule has 1 saturated heterocycles. The van der Waals surface area contributed by atoms with E-state index < -0.39 is 0 Å². The van der Waals surface area contributed by atoms with Crippen LogP contribution in [0.4, 0.5) is 5.69 Å². The standard InChI is InChI=1S/C20H24N2O3.ClH/c1-15-11-18(25-13-16-5-3-2-4-6-16)7-8-19(15)22-20(23)12-17-14-24-10-9-21-17;/h2-8,11,17,21H,9-10,12-14H2,1H3,(H,22,23);1H. The number of hydrogen-bond donors (Lipinski definition) is 2. The highest BCUT2D eigenvalue weighted by Crippen LogP contribution is 2.22. The minimum absolute atomic E-state index is 0. The van der Waals surface area contributed by atoms with Gasteiger partial charge in [-0.25, -0.2) is 0 Å². The van der Waals surface area contributed by atoms with Crippen molar-refractivity contribution in [1.82, 2.24) is 5.32 Å². The number of aryl methyl sites for hydroxylation is 1. The zero-order valence-electron chi connectivity index (χ0n) is 14.9. The Morgan fingerprint density at radius 2 is 2.08 bits per heavy atom. The average molecular weight is 377 g/mol. The number of benzene rings is 2. The summed E-state index contributed by atoms with van der Waals surface area (Å²) < 4.78 is 11.2. The van der Waals surface area contributed by atoms with Crippen LogP contribution in [0.2, 0.25) is 0 Å². The Labute approximate surface area is 160 Å². The monoisotopic (exact) mass is 376 g/mol. The van der Waals surface area contributed by atoms with Gasteiger partial charge in [-0.3, -0.25) is 4.79 Å². The quantitative estimate of drug-likeness (QED) is 0.812. The minimum Gasteiger partial charge on any atom is -0.489 e. The molecule has 1 aliphatic heterocycles. The molecule has 1 atom stereocenters. The number of nitrogens with one attached hydrogen (secondary N) is 2. The number of hydrogen-bond acceptors (Lipinski definition) is 4. The first kappa shape index (κ1) is 20.2. The van der Waals surface area contributed by atoms with Crippen LogP contribution in [-0.2, 0) is 16.1 Å². The van der Waals surface area contributed by atoms with Crippen LogP contribution >= 0.6 is 12.4 Å². The highest BCUT2D eigenvalue weighted by Gasteiger charge is 2.17. The summed E-state index contributed by atoms with van der Waals surface area (Å²) in [6.07, 6.45) is 0.408. The van der Waals surface area contributed by atoms with E-state index >= 15 is 0 Å². The van der Waals surface area contributed by atoms with Gasteiger partial charge in [0.15, 0.2) is 0 Å². The second-order valence-electron chi connectivity index (χ2n) is 6.23. The lowest BCUT2D eigenvalue weighted by molar-refractivity contribution is -0.117. The summed E-state index contributed by atoms with van der Waals surface area (Å²) in [5, 5.41) is 6.25. The Morgan fingerprint density at radius 3 is 2.77 bits per heavy atom. The van der Waals surface area contributed by atoms with Gasteiger partial charge in [0.25, 0.3) is 0 Å². The van der Waals surface area contributed by atoms with E-state index in [9.17, 15) is 4.79 Å². The van der Waals surface area contributed by atoms with Crippen molar-refractivity contribution >= 4 is 24.0 Å². The maximum absolute atomic E-state index is 12.2. The van der Waals surface area contributed by atoms with Crippen molar-refractivity contribution < 1.29 is 14.3 Å². The second-order valence-corrected chi connectivity index (χ2v) is 6.23. The molecule has 140 valence electrons. The summed E-state index contributed by atoms with van der Waals surface area (Å²) in [7, 11) is 0. The predicted octanol–water partition coefficient (Wildman–Crippen LogP) is 3.31. The number of anilines is 1. The van der Waals surface area contributed by atoms with Gasteiger partial charge >= 0.3 is 0 Å². The Hall–Kier alpha value is -2.08. The SMILES string of the molecule is Cc1cc(OCc2ccccc2)ccc1NC(=O)CC1COCCN1.Cl. The lowest BCUT2D eigenvalue weighted by Crippen LogP contribution is -2.43. The fraction of sp³-hybridized carbons (Fsp3) is 0.350. The summed E-state index contributed by atoms with van der Waals surface area (Å²) in [5.74, 6) is 0.783. The predicted molar refractivity (Wildman–Crippen MR) is 105 cm³/mol. The second kappa shape index (κ2) is 10.2. The maximum Gasteiger partial charge on any atom is 0.226 e. The van der Waals surface area contributed by atoms with Crippen LogP contribution in [0.5, 0.6) is 5.75 Å². The Morgan fingerprint density at radius 1 is 1.27 bits per heavy atom. The largest absolute Gasteiger partial charge is 0.489 e. The first-order chi connectivity index (χ1) is 12.2. The third kappa shape index (κ3) is 6.02. The summed E-state index contributed by atoms with van der Waals surface area (Å²) in [6.45, 7) is 4.58. The number of morpholine rings is 1. The number of carbonyl (C=O) groups excluding carboxylic acids is 1. The van der Waals surface area contributed by atoms with Gasteiger partial charge in [-0.15, -0.1) is 12.4 Å². The van der Waals surface area contributed by atoms with Crippen LogP contribution in [-0.4, -0.2) is 31.7 Å². The molecular formula is C20H25ClN2O3. The van der Waals surface area contributed by atoms with Gasteiger partial charge in [0.2, 0.25) is 5.91 Å². The van der Waals surface area contributed by atoms with E-state index in [1.54, 1.807) is 0 Å². The van der Waals surface area contributed by atoms with Crippen molar-refractivity contribution in [2.45, 2.75) is 26.0 Å². The molecular weight excluding hydrogens is 352 g/mol. The van der Waals surface area contributed by atoms with E-state index in [0.717, 1.165) is 29.1 Å². The molecule has 1 aliphatic rings. The van der Waals surface area contributed by atoms with Gasteiger partial charge in [0, 0.05) is 24.7 Å². The van der Waals surface area contributed by atoms with Gasteiger partial charge < -0.3 is 20.1 Å². The minimum atomic E-state index is -0.0101. The van der Waals surface area contributed by atoms with E-state index in [1.807, 2.05) is 55.5 Å². The molecule has 2 aromatic rings. The highest BCUT2D eigenvalue weighted by molar-refractivity contribution is 5.92. The molecule has 1 unspecified atom stereocenters. The molecule has 0 radical (unpaired) electrons. The van der Waals surface area contributed by atoms with Crippen LogP contribution < -0.4 is 15.4 Å². The van der Waals surface area contributed by atoms with Gasteiger partial charge in [0.1, 0.15) is 12.4 Å². The molecule has 0 spiro atoms. The average Bonchev–Trinajstić information content (AvgIpc) is 2.64. The van der Waals surface area contributed by atoms with E-state index in [4.69, 9.17) is 9.47 Å². The van der Waals surface area contributed by atoms with Crippen molar-refractivity contribution in [3.05, 3.63) is 59.7 Å². The number of rotatable bonds is 6. The number of amides is 1. The van der Waals surface area contributed by atoms with Crippen molar-refractivity contribution in [3.63, 3.8) is 0 Å². The van der Waals surface area contributed by atoms with Crippen LogP contribution in [0.25, 0.3) is 0 Å². The lowest BCUT2D eigenvalue weighted by Gasteiger charge is -2.23. The zero-order valence-corrected chi connectivity index (χ0v) is 15.7. The van der Waals surface area contributed by atoms with Crippen LogP contribution in [0.3, 0.4) is 0 Å². The summed E-state index contributed by atoms with van der Waals surface area (Å²) in [4.78, 5) is 12.2. The van der Waals surface area contributed by atoms with Gasteiger partial charge in [-0.1, -0.05) is 30.3 Å². The lowest BCUT2D eigenvalue weighted by atomic mass is 10.1. The van der Waals surface area contributed by atoms with Crippen LogP contribution in [0.1, 0.15) is 17.5 Å². The molecule has 1 amide bonds. The molecule has 0 saturated carbocycles. The fourth-order valence-corrected chi connectivity index (χ4v) is 2.78. The molecule has 1 fully saturated rings. The summed E-state index contributed by atoms with van der Waals surface area (Å²) >= 11 is 0. The molecule has 0 aromatic heterocycles. The number of ether oxygens (including phenoxy) is 2. The molecule has 5 nitrogen and oxygen atoms in total. The number of halogens is 1. The van der Waals surface area contributed by atoms with E-state index in [0.29, 0.717) is 26.2 Å². The van der Waals surface area contributed by atoms with E-state index in [2.05, 4.69) is 10.6 Å². The normalized spacial score (nSPS) is 16.4. The first-order valence-electron chi connectivity index (χ1n) is 8.59. The summed E-state index contributed by atoms with van der Waals surface area (Å²) in [6, 6.07) is 15.8. The molecule has 26 heavy (non-hydrogen) atoms. The Balaban J connectivity index is 0.00000243. The van der Waals surface area contributed by atoms with Gasteiger partial charge in [0.05, 0.1) is 13.2 Å². The van der Waals surface area contributed by atoms with Gasteiger partial charge in [-0.05, 0) is 36.2 Å². The fourth-order valence-electron chi connectivity index (χ4n) is 2.78. The summed E-state index contributed by atoms with van der Waals surface area (Å²) in [5.41, 5.74) is 2.92. The smallest absolute Gasteiger partial charge is 0.226 e. The zero-order chi connectivity index (χ0) is 17.5. The van der Waals surface area contributed by atoms with Gasteiger partial charge in [-0.2, -0.15) is 0 Å². The molecule has 2 aromatic carbocycles. The first-order valence-corrected chi connectivity index (χ1v) is 8.59. The molecule has 0 aliphatic carbocycles. The highest BCUT2D eigenvalue weighted by atomic mass is 35.5. The Bertz CT molecular complexity index is 703. The van der Waals surface area contributed by atoms with Crippen LogP contribution in [0.15, 0.2) is 48.5 Å². The van der Waals surface area contributed by atoms with Crippen LogP contribution in [0, 0.1) is 6.92 Å². The maximum atomic E-state index is 12.2. The van der Waals surface area contributed by atoms with E-state index in [1.165, 1.54) is 0 Å². The van der Waals surface area contributed by atoms with E-state index in [-0.39, 0.29) is 24.4 Å². The van der Waals surface area contributed by atoms with Crippen molar-refractivity contribution in [3.8, 4) is 5.75 Å². The van der Waals surface area contributed by atoms with Crippen molar-refractivity contribution in [2.75, 3.05) is 25.1 Å². The molecule has 6 heteroatoms. The topological polar surface area (TPSA) is 59.6 Å². The molecule has 2 N–H and O–H groups in total. The van der Waals surface area contributed by atoms with Crippen molar-refractivity contribution in [1.29, 1.82) is 0 Å². The molecule has 1 heterocycles.